The van der Waals surface area contributed by atoms with Crippen LogP contribution >= 0.6 is 0 Å². The molecule has 0 radical (unpaired) electrons. The van der Waals surface area contributed by atoms with Gasteiger partial charge < -0.3 is 15.2 Å². The molecule has 0 aromatic heterocycles. The van der Waals surface area contributed by atoms with Crippen LogP contribution in [0, 0.1) is 0 Å². The third kappa shape index (κ3) is 1.74. The van der Waals surface area contributed by atoms with Crippen molar-refractivity contribution in [1.29, 1.82) is 0 Å². The SMILES string of the molecule is CN[C@@H]1COc2ccccc2[C@@H](O)C1. The zero-order valence-electron chi connectivity index (χ0n) is 8.23. The second kappa shape index (κ2) is 3.98. The summed E-state index contributed by atoms with van der Waals surface area (Å²) < 4.78 is 5.60. The molecule has 2 atom stereocenters. The Morgan fingerprint density at radius 2 is 2.21 bits per heavy atom. The summed E-state index contributed by atoms with van der Waals surface area (Å²) in [6.45, 7) is 0.616. The Morgan fingerprint density at radius 1 is 1.43 bits per heavy atom. The molecule has 76 valence electrons. The number of benzene rings is 1. The van der Waals surface area contributed by atoms with E-state index >= 15 is 0 Å². The summed E-state index contributed by atoms with van der Waals surface area (Å²) in [4.78, 5) is 0. The molecule has 3 nitrogen and oxygen atoms in total. The average Bonchev–Trinajstić information content (AvgIpc) is 2.39. The Balaban J connectivity index is 2.26. The largest absolute Gasteiger partial charge is 0.492 e. The zero-order chi connectivity index (χ0) is 9.97. The fourth-order valence-corrected chi connectivity index (χ4v) is 1.74. The number of hydrogen-bond donors (Lipinski definition) is 2. The molecular formula is C11H15NO2. The summed E-state index contributed by atoms with van der Waals surface area (Å²) in [5.74, 6) is 0.803. The molecule has 1 aromatic rings. The number of likely N-dealkylation sites (N-methyl/N-ethyl adjacent to an activating group) is 1. The van der Waals surface area contributed by atoms with Crippen molar-refractivity contribution in [2.75, 3.05) is 13.7 Å². The zero-order valence-corrected chi connectivity index (χ0v) is 8.23. The van der Waals surface area contributed by atoms with Gasteiger partial charge in [-0.1, -0.05) is 18.2 Å². The molecule has 0 amide bonds. The number of rotatable bonds is 1. The van der Waals surface area contributed by atoms with Gasteiger partial charge in [0.25, 0.3) is 0 Å². The Bertz CT molecular complexity index is 314. The number of ether oxygens (including phenoxy) is 1. The van der Waals surface area contributed by atoms with Gasteiger partial charge in [-0.2, -0.15) is 0 Å². The molecule has 1 heterocycles. The van der Waals surface area contributed by atoms with Crippen LogP contribution in [0.1, 0.15) is 18.1 Å². The first-order valence-corrected chi connectivity index (χ1v) is 4.88. The summed E-state index contributed by atoms with van der Waals surface area (Å²) in [6, 6.07) is 7.88. The molecule has 0 fully saturated rings. The molecule has 0 aliphatic carbocycles. The minimum absolute atomic E-state index is 0.220. The standard InChI is InChI=1S/C11H15NO2/c1-12-8-6-10(13)9-4-2-3-5-11(9)14-7-8/h2-5,8,10,12-13H,6-7H2,1H3/t8-,10-/m0/s1. The molecule has 2 N–H and O–H groups in total. The lowest BCUT2D eigenvalue weighted by atomic mass is 10.0. The van der Waals surface area contributed by atoms with Gasteiger partial charge in [-0.15, -0.1) is 0 Å². The molecule has 14 heavy (non-hydrogen) atoms. The predicted octanol–water partition coefficient (Wildman–Crippen LogP) is 1.09. The summed E-state index contributed by atoms with van der Waals surface area (Å²) >= 11 is 0. The van der Waals surface area contributed by atoms with E-state index < -0.39 is 6.10 Å². The van der Waals surface area contributed by atoms with Gasteiger partial charge in [0, 0.05) is 11.6 Å². The summed E-state index contributed by atoms with van der Waals surface area (Å²) in [7, 11) is 1.89. The topological polar surface area (TPSA) is 41.5 Å². The first-order valence-electron chi connectivity index (χ1n) is 4.88. The Morgan fingerprint density at radius 3 is 3.00 bits per heavy atom. The van der Waals surface area contributed by atoms with E-state index in [1.54, 1.807) is 0 Å². The predicted molar refractivity (Wildman–Crippen MR) is 54.4 cm³/mol. The fraction of sp³-hybridized carbons (Fsp3) is 0.455. The third-order valence-corrected chi connectivity index (χ3v) is 2.63. The van der Waals surface area contributed by atoms with Crippen LogP contribution in [0.3, 0.4) is 0 Å². The van der Waals surface area contributed by atoms with E-state index in [9.17, 15) is 5.11 Å². The summed E-state index contributed by atoms with van der Waals surface area (Å²) in [5, 5.41) is 13.0. The monoisotopic (exact) mass is 193 g/mol. The number of nitrogens with one attached hydrogen (secondary N) is 1. The average molecular weight is 193 g/mol. The van der Waals surface area contributed by atoms with Crippen LogP contribution in [-0.2, 0) is 0 Å². The van der Waals surface area contributed by atoms with Crippen molar-refractivity contribution in [2.45, 2.75) is 18.6 Å². The summed E-state index contributed by atoms with van der Waals surface area (Å²) in [6.07, 6.45) is 0.277. The van der Waals surface area contributed by atoms with Gasteiger partial charge in [0.1, 0.15) is 12.4 Å². The molecule has 0 unspecified atom stereocenters. The van der Waals surface area contributed by atoms with Crippen LogP contribution in [0.25, 0.3) is 0 Å². The third-order valence-electron chi connectivity index (χ3n) is 2.63. The van der Waals surface area contributed by atoms with E-state index in [0.29, 0.717) is 13.0 Å². The van der Waals surface area contributed by atoms with Gasteiger partial charge in [0.05, 0.1) is 6.10 Å². The van der Waals surface area contributed by atoms with Crippen molar-refractivity contribution >= 4 is 0 Å². The Kier molecular flexibility index (Phi) is 2.70. The van der Waals surface area contributed by atoms with E-state index in [2.05, 4.69) is 5.32 Å². The highest BCUT2D eigenvalue weighted by atomic mass is 16.5. The van der Waals surface area contributed by atoms with Crippen LogP contribution in [0.4, 0.5) is 0 Å². The molecule has 0 spiro atoms. The van der Waals surface area contributed by atoms with Crippen molar-refractivity contribution in [3.63, 3.8) is 0 Å². The van der Waals surface area contributed by atoms with Gasteiger partial charge in [0.15, 0.2) is 0 Å². The Hall–Kier alpha value is -1.06. The maximum absolute atomic E-state index is 9.92. The molecule has 1 aromatic carbocycles. The number of aliphatic hydroxyl groups excluding tert-OH is 1. The van der Waals surface area contributed by atoms with Gasteiger partial charge in [0.2, 0.25) is 0 Å². The maximum atomic E-state index is 9.92. The Labute approximate surface area is 83.7 Å². The van der Waals surface area contributed by atoms with Crippen LogP contribution < -0.4 is 10.1 Å². The molecule has 0 saturated heterocycles. The molecule has 3 heteroatoms. The van der Waals surface area contributed by atoms with Gasteiger partial charge in [-0.25, -0.2) is 0 Å². The van der Waals surface area contributed by atoms with Crippen molar-refractivity contribution in [1.82, 2.24) is 5.32 Å². The maximum Gasteiger partial charge on any atom is 0.125 e. The lowest BCUT2D eigenvalue weighted by Gasteiger charge is -2.14. The molecule has 0 saturated carbocycles. The highest BCUT2D eigenvalue weighted by Gasteiger charge is 2.22. The van der Waals surface area contributed by atoms with Crippen molar-refractivity contribution in [3.8, 4) is 5.75 Å². The number of para-hydroxylation sites is 1. The summed E-state index contributed by atoms with van der Waals surface area (Å²) in [5.41, 5.74) is 0.894. The first-order chi connectivity index (χ1) is 6.81. The van der Waals surface area contributed by atoms with E-state index in [-0.39, 0.29) is 6.04 Å². The number of hydrogen-bond acceptors (Lipinski definition) is 3. The molecule has 1 aliphatic heterocycles. The van der Waals surface area contributed by atoms with Crippen molar-refractivity contribution in [2.24, 2.45) is 0 Å². The smallest absolute Gasteiger partial charge is 0.125 e. The van der Waals surface area contributed by atoms with Crippen LogP contribution in [0.2, 0.25) is 0 Å². The molecular weight excluding hydrogens is 178 g/mol. The van der Waals surface area contributed by atoms with E-state index in [1.165, 1.54) is 0 Å². The second-order valence-electron chi connectivity index (χ2n) is 3.59. The normalized spacial score (nSPS) is 26.1. The number of fused-ring (bicyclic) bond motifs is 1. The van der Waals surface area contributed by atoms with Gasteiger partial charge in [-0.3, -0.25) is 0 Å². The van der Waals surface area contributed by atoms with Gasteiger partial charge in [-0.05, 0) is 19.5 Å². The van der Waals surface area contributed by atoms with E-state index in [4.69, 9.17) is 4.74 Å². The lowest BCUT2D eigenvalue weighted by molar-refractivity contribution is 0.153. The molecule has 2 rings (SSSR count). The van der Waals surface area contributed by atoms with E-state index in [0.717, 1.165) is 11.3 Å². The van der Waals surface area contributed by atoms with Gasteiger partial charge >= 0.3 is 0 Å². The lowest BCUT2D eigenvalue weighted by Crippen LogP contribution is -2.31. The highest BCUT2D eigenvalue weighted by Crippen LogP contribution is 2.30. The van der Waals surface area contributed by atoms with Crippen LogP contribution in [0.5, 0.6) is 5.75 Å². The molecule has 0 bridgehead atoms. The van der Waals surface area contributed by atoms with Crippen molar-refractivity contribution in [3.05, 3.63) is 29.8 Å². The molecule has 1 aliphatic rings. The fourth-order valence-electron chi connectivity index (χ4n) is 1.74. The van der Waals surface area contributed by atoms with Crippen LogP contribution in [-0.4, -0.2) is 24.8 Å². The van der Waals surface area contributed by atoms with Crippen LogP contribution in [0.15, 0.2) is 24.3 Å². The minimum Gasteiger partial charge on any atom is -0.492 e. The minimum atomic E-state index is -0.425. The first kappa shape index (κ1) is 9.49. The second-order valence-corrected chi connectivity index (χ2v) is 3.59. The number of aliphatic hydroxyl groups is 1. The van der Waals surface area contributed by atoms with E-state index in [1.807, 2.05) is 31.3 Å². The van der Waals surface area contributed by atoms with Crippen molar-refractivity contribution < 1.29 is 9.84 Å². The highest BCUT2D eigenvalue weighted by molar-refractivity contribution is 5.35. The quantitative estimate of drug-likeness (QED) is 0.701.